The molecule has 0 saturated carbocycles. The zero-order chi connectivity index (χ0) is 32.0. The molecule has 4 heteroatoms. The molecule has 2 aromatic heterocycles. The lowest BCUT2D eigenvalue weighted by atomic mass is 9.89. The number of benzene rings is 6. The average Bonchev–Trinajstić information content (AvgIpc) is 3.68. The van der Waals surface area contributed by atoms with Gasteiger partial charge in [-0.3, -0.25) is 10.6 Å². The molecular formula is C44H38N4. The first-order valence-corrected chi connectivity index (χ1v) is 17.1. The van der Waals surface area contributed by atoms with Gasteiger partial charge in [-0.25, -0.2) is 0 Å². The molecule has 1 aliphatic carbocycles. The Morgan fingerprint density at radius 2 is 1.27 bits per heavy atom. The summed E-state index contributed by atoms with van der Waals surface area (Å²) in [6, 6.07) is 50.4. The van der Waals surface area contributed by atoms with E-state index in [9.17, 15) is 0 Å². The molecule has 0 aliphatic heterocycles. The highest BCUT2D eigenvalue weighted by molar-refractivity contribution is 6.27. The topological polar surface area (TPSA) is 33.9 Å². The molecule has 0 radical (unpaired) electrons. The predicted octanol–water partition coefficient (Wildman–Crippen LogP) is 10.4. The molecule has 0 spiro atoms. The SMILES string of the molecule is CC(NC(NCc1ccccc1)n1c2ccccc2c2c3c(c4c5ccccc5n(-c5ccccc5)c4c21)CCC=C3)c1ccccc1. The van der Waals surface area contributed by atoms with Crippen molar-refractivity contribution in [3.05, 3.63) is 168 Å². The predicted molar refractivity (Wildman–Crippen MR) is 201 cm³/mol. The van der Waals surface area contributed by atoms with Crippen LogP contribution in [0.1, 0.15) is 47.9 Å². The minimum atomic E-state index is -0.209. The van der Waals surface area contributed by atoms with Gasteiger partial charge in [0.05, 0.1) is 22.1 Å². The smallest absolute Gasteiger partial charge is 0.140 e. The van der Waals surface area contributed by atoms with Crippen molar-refractivity contribution in [3.8, 4) is 5.69 Å². The van der Waals surface area contributed by atoms with Crippen LogP contribution >= 0.6 is 0 Å². The van der Waals surface area contributed by atoms with E-state index in [1.54, 1.807) is 0 Å². The van der Waals surface area contributed by atoms with Gasteiger partial charge in [0.1, 0.15) is 6.29 Å². The van der Waals surface area contributed by atoms with Crippen molar-refractivity contribution in [1.82, 2.24) is 19.8 Å². The van der Waals surface area contributed by atoms with Crippen LogP contribution in [-0.2, 0) is 13.0 Å². The van der Waals surface area contributed by atoms with Gasteiger partial charge < -0.3 is 9.13 Å². The fourth-order valence-electron chi connectivity index (χ4n) is 7.92. The van der Waals surface area contributed by atoms with Gasteiger partial charge in [0.15, 0.2) is 0 Å². The van der Waals surface area contributed by atoms with Crippen LogP contribution in [0, 0.1) is 0 Å². The van der Waals surface area contributed by atoms with E-state index < -0.39 is 0 Å². The highest BCUT2D eigenvalue weighted by atomic mass is 15.3. The first-order chi connectivity index (χ1) is 23.8. The molecule has 8 aromatic rings. The first-order valence-electron chi connectivity index (χ1n) is 17.1. The monoisotopic (exact) mass is 622 g/mol. The Balaban J connectivity index is 1.41. The van der Waals surface area contributed by atoms with Crippen molar-refractivity contribution < 1.29 is 0 Å². The fraction of sp³-hybridized carbons (Fsp3) is 0.136. The molecule has 1 aliphatic rings. The normalized spacial score (nSPS) is 14.2. The van der Waals surface area contributed by atoms with Crippen LogP contribution in [-0.4, -0.2) is 9.13 Å². The Morgan fingerprint density at radius 1 is 0.646 bits per heavy atom. The summed E-state index contributed by atoms with van der Waals surface area (Å²) < 4.78 is 5.06. The maximum absolute atomic E-state index is 4.05. The maximum Gasteiger partial charge on any atom is 0.140 e. The molecule has 48 heavy (non-hydrogen) atoms. The molecule has 2 unspecified atom stereocenters. The lowest BCUT2D eigenvalue weighted by Crippen LogP contribution is -2.39. The third-order valence-electron chi connectivity index (χ3n) is 10.1. The number of nitrogens with one attached hydrogen (secondary N) is 2. The number of allylic oxidation sites excluding steroid dienone is 1. The third kappa shape index (κ3) is 4.68. The Morgan fingerprint density at radius 3 is 2.02 bits per heavy atom. The molecule has 2 N–H and O–H groups in total. The standard InChI is InChI=1S/C44H38N4/c1-30(32-19-7-3-8-20-32)46-44(45-29-31-17-5-2-6-18-31)48-39-28-16-14-26-37(39)41-35-24-12-11-23-34(35)40-36-25-13-15-27-38(36)47(42(40)43(41)48)33-21-9-4-10-22-33/h2-10,12-22,24-28,30,44-46H,11,23,29H2,1H3. The number of para-hydroxylation sites is 3. The second-order valence-electron chi connectivity index (χ2n) is 12.9. The number of fused-ring (bicyclic) bond motifs is 10. The first kappa shape index (κ1) is 28.8. The van der Waals surface area contributed by atoms with Crippen LogP contribution in [0.4, 0.5) is 0 Å². The van der Waals surface area contributed by atoms with Crippen molar-refractivity contribution in [2.75, 3.05) is 0 Å². The summed E-state index contributed by atoms with van der Waals surface area (Å²) in [6.07, 6.45) is 6.61. The number of rotatable bonds is 8. The quantitative estimate of drug-likeness (QED) is 0.165. The van der Waals surface area contributed by atoms with Crippen LogP contribution in [0.15, 0.2) is 146 Å². The largest absolute Gasteiger partial charge is 0.309 e. The van der Waals surface area contributed by atoms with Crippen LogP contribution in [0.5, 0.6) is 0 Å². The molecule has 4 nitrogen and oxygen atoms in total. The van der Waals surface area contributed by atoms with E-state index in [1.165, 1.54) is 71.6 Å². The Labute approximate surface area is 280 Å². The molecule has 0 amide bonds. The van der Waals surface area contributed by atoms with Gasteiger partial charge in [0.25, 0.3) is 0 Å². The minimum Gasteiger partial charge on any atom is -0.309 e. The third-order valence-corrected chi connectivity index (χ3v) is 10.1. The second kappa shape index (κ2) is 12.0. The molecular weight excluding hydrogens is 585 g/mol. The molecule has 9 rings (SSSR count). The Kier molecular flexibility index (Phi) is 7.19. The summed E-state index contributed by atoms with van der Waals surface area (Å²) in [5, 5.41) is 13.3. The van der Waals surface area contributed by atoms with Gasteiger partial charge in [0, 0.05) is 39.8 Å². The van der Waals surface area contributed by atoms with Gasteiger partial charge in [0.2, 0.25) is 0 Å². The van der Waals surface area contributed by atoms with Crippen molar-refractivity contribution in [3.63, 3.8) is 0 Å². The summed E-state index contributed by atoms with van der Waals surface area (Å²) in [5.74, 6) is 0. The lowest BCUT2D eigenvalue weighted by Gasteiger charge is -2.28. The Hall–Kier alpha value is -5.42. The zero-order valence-corrected chi connectivity index (χ0v) is 27.1. The highest BCUT2D eigenvalue weighted by Gasteiger charge is 2.29. The number of aryl methyl sites for hydroxylation is 1. The van der Waals surface area contributed by atoms with E-state index >= 15 is 0 Å². The van der Waals surface area contributed by atoms with Crippen LogP contribution < -0.4 is 10.6 Å². The van der Waals surface area contributed by atoms with Crippen LogP contribution in [0.3, 0.4) is 0 Å². The molecule has 0 saturated heterocycles. The van der Waals surface area contributed by atoms with Gasteiger partial charge in [-0.05, 0) is 66.3 Å². The van der Waals surface area contributed by atoms with Crippen molar-refractivity contribution in [1.29, 1.82) is 0 Å². The molecule has 2 atom stereocenters. The van der Waals surface area contributed by atoms with Gasteiger partial charge >= 0.3 is 0 Å². The van der Waals surface area contributed by atoms with Crippen molar-refractivity contribution in [2.24, 2.45) is 0 Å². The van der Waals surface area contributed by atoms with E-state index in [4.69, 9.17) is 0 Å². The fourth-order valence-corrected chi connectivity index (χ4v) is 7.92. The van der Waals surface area contributed by atoms with Crippen LogP contribution in [0.2, 0.25) is 0 Å². The van der Waals surface area contributed by atoms with E-state index in [2.05, 4.69) is 178 Å². The molecule has 6 aromatic carbocycles. The zero-order valence-electron chi connectivity index (χ0n) is 27.1. The van der Waals surface area contributed by atoms with Gasteiger partial charge in [-0.15, -0.1) is 0 Å². The van der Waals surface area contributed by atoms with E-state index in [0.717, 1.165) is 19.4 Å². The van der Waals surface area contributed by atoms with Crippen molar-refractivity contribution in [2.45, 2.75) is 38.6 Å². The maximum atomic E-state index is 4.05. The minimum absolute atomic E-state index is 0.101. The second-order valence-corrected chi connectivity index (χ2v) is 12.9. The molecule has 0 fully saturated rings. The van der Waals surface area contributed by atoms with E-state index in [-0.39, 0.29) is 12.3 Å². The summed E-state index contributed by atoms with van der Waals surface area (Å²) in [4.78, 5) is 0. The Bertz CT molecular complexity index is 2440. The molecule has 2 heterocycles. The molecule has 0 bridgehead atoms. The van der Waals surface area contributed by atoms with E-state index in [1.807, 2.05) is 0 Å². The lowest BCUT2D eigenvalue weighted by molar-refractivity contribution is 0.312. The highest BCUT2D eigenvalue weighted by Crippen LogP contribution is 2.47. The number of hydrogen-bond donors (Lipinski definition) is 2. The number of aromatic nitrogens is 2. The summed E-state index contributed by atoms with van der Waals surface area (Å²) in [7, 11) is 0. The van der Waals surface area contributed by atoms with Gasteiger partial charge in [-0.1, -0.05) is 127 Å². The summed E-state index contributed by atoms with van der Waals surface area (Å²) in [6.45, 7) is 2.99. The van der Waals surface area contributed by atoms with Crippen molar-refractivity contribution >= 4 is 49.7 Å². The number of hydrogen-bond acceptors (Lipinski definition) is 2. The number of nitrogens with zero attached hydrogens (tertiary/aromatic N) is 2. The van der Waals surface area contributed by atoms with Gasteiger partial charge in [-0.2, -0.15) is 0 Å². The van der Waals surface area contributed by atoms with E-state index in [0.29, 0.717) is 0 Å². The summed E-state index contributed by atoms with van der Waals surface area (Å²) in [5.41, 5.74) is 11.4. The van der Waals surface area contributed by atoms with Crippen LogP contribution in [0.25, 0.3) is 55.4 Å². The average molecular weight is 623 g/mol. The molecule has 234 valence electrons. The summed E-state index contributed by atoms with van der Waals surface area (Å²) >= 11 is 0.